The van der Waals surface area contributed by atoms with Crippen LogP contribution in [0.5, 0.6) is 0 Å². The van der Waals surface area contributed by atoms with E-state index in [9.17, 15) is 9.59 Å². The van der Waals surface area contributed by atoms with E-state index in [1.165, 1.54) is 6.08 Å². The van der Waals surface area contributed by atoms with Gasteiger partial charge in [0.25, 0.3) is 0 Å². The molecule has 80 valence electrons. The number of carboxylic acid groups (broad SMARTS) is 1. The summed E-state index contributed by atoms with van der Waals surface area (Å²) in [5, 5.41) is 8.98. The third-order valence-corrected chi connectivity index (χ3v) is 2.22. The smallest absolute Gasteiger partial charge is 0.374 e. The Balaban J connectivity index is 2.51. The molecule has 0 amide bonds. The van der Waals surface area contributed by atoms with Gasteiger partial charge in [0.05, 0.1) is 11.1 Å². The lowest BCUT2D eigenvalue weighted by atomic mass is 9.96. The van der Waals surface area contributed by atoms with Crippen molar-refractivity contribution in [3.63, 3.8) is 0 Å². The maximum atomic E-state index is 11.2. The molecule has 2 rings (SSSR count). The number of carbonyl (C=O) groups excluding carboxylic acids is 1. The van der Waals surface area contributed by atoms with Crippen LogP contribution in [0.4, 0.5) is 0 Å². The van der Waals surface area contributed by atoms with Gasteiger partial charge in [0.1, 0.15) is 12.2 Å². The molecule has 5 heteroatoms. The van der Waals surface area contributed by atoms with Crippen molar-refractivity contribution in [2.75, 3.05) is 6.61 Å². The summed E-state index contributed by atoms with van der Waals surface area (Å²) in [6, 6.07) is 0. The Morgan fingerprint density at radius 2 is 2.20 bits per heavy atom. The minimum atomic E-state index is -1.07. The number of hydrogen-bond donors (Lipinski definition) is 1. The number of aliphatic carboxylic acids is 1. The highest BCUT2D eigenvalue weighted by Crippen LogP contribution is 2.34. The molecule has 5 nitrogen and oxygen atoms in total. The summed E-state index contributed by atoms with van der Waals surface area (Å²) < 4.78 is 10.1. The van der Waals surface area contributed by atoms with E-state index in [1.54, 1.807) is 13.8 Å². The third kappa shape index (κ3) is 1.49. The first kappa shape index (κ1) is 9.76. The van der Waals surface area contributed by atoms with Gasteiger partial charge in [-0.25, -0.2) is 9.59 Å². The summed E-state index contributed by atoms with van der Waals surface area (Å²) in [6.45, 7) is 3.35. The molecular weight excluding hydrogens is 200 g/mol. The van der Waals surface area contributed by atoms with Gasteiger partial charge < -0.3 is 14.6 Å². The van der Waals surface area contributed by atoms with Gasteiger partial charge in [0.2, 0.25) is 5.76 Å². The van der Waals surface area contributed by atoms with Crippen LogP contribution in [0.1, 0.15) is 13.8 Å². The number of carbonyl (C=O) groups is 2. The lowest BCUT2D eigenvalue weighted by Crippen LogP contribution is -2.29. The molecule has 0 aliphatic carbocycles. The Morgan fingerprint density at radius 1 is 1.53 bits per heavy atom. The summed E-state index contributed by atoms with van der Waals surface area (Å²) in [6.07, 6.45) is 1.48. The van der Waals surface area contributed by atoms with Gasteiger partial charge in [-0.3, -0.25) is 0 Å². The number of esters is 1. The van der Waals surface area contributed by atoms with Gasteiger partial charge in [0.15, 0.2) is 0 Å². The van der Waals surface area contributed by atoms with Crippen molar-refractivity contribution in [3.05, 3.63) is 23.0 Å². The van der Waals surface area contributed by atoms with Crippen molar-refractivity contribution in [1.29, 1.82) is 0 Å². The van der Waals surface area contributed by atoms with E-state index in [0.29, 0.717) is 5.57 Å². The number of carboxylic acids is 1. The second-order valence-corrected chi connectivity index (χ2v) is 3.95. The highest BCUT2D eigenvalue weighted by Gasteiger charge is 2.39. The van der Waals surface area contributed by atoms with Gasteiger partial charge in [-0.15, -0.1) is 0 Å². The molecule has 2 heterocycles. The maximum Gasteiger partial charge on any atom is 0.374 e. The van der Waals surface area contributed by atoms with Gasteiger partial charge in [0, 0.05) is 0 Å². The highest BCUT2D eigenvalue weighted by atomic mass is 16.6. The molecule has 0 spiro atoms. The predicted molar refractivity (Wildman–Crippen MR) is 48.9 cm³/mol. The molecule has 0 aromatic heterocycles. The zero-order chi connectivity index (χ0) is 11.2. The van der Waals surface area contributed by atoms with Crippen molar-refractivity contribution in [2.24, 2.45) is 0 Å². The largest absolute Gasteiger partial charge is 0.478 e. The first-order valence-electron chi connectivity index (χ1n) is 4.46. The van der Waals surface area contributed by atoms with Crippen LogP contribution in [-0.4, -0.2) is 29.3 Å². The Hall–Kier alpha value is -1.78. The van der Waals surface area contributed by atoms with Gasteiger partial charge >= 0.3 is 11.9 Å². The SMILES string of the molecule is CC1(C)C=C(C(=O)O)C2=C(O1)C(=O)OC2. The zero-order valence-corrected chi connectivity index (χ0v) is 8.36. The number of ether oxygens (including phenoxy) is 2. The van der Waals surface area contributed by atoms with E-state index in [-0.39, 0.29) is 17.9 Å². The fraction of sp³-hybridized carbons (Fsp3) is 0.400. The molecule has 0 aromatic carbocycles. The fourth-order valence-corrected chi connectivity index (χ4v) is 1.61. The summed E-state index contributed by atoms with van der Waals surface area (Å²) in [5.74, 6) is -1.64. The topological polar surface area (TPSA) is 72.8 Å². The predicted octanol–water partition coefficient (Wildman–Crippen LogP) is 0.617. The van der Waals surface area contributed by atoms with Crippen LogP contribution < -0.4 is 0 Å². The average molecular weight is 210 g/mol. The molecule has 2 aliphatic rings. The van der Waals surface area contributed by atoms with Crippen LogP contribution in [0.2, 0.25) is 0 Å². The minimum Gasteiger partial charge on any atom is -0.478 e. The first-order chi connectivity index (χ1) is 6.91. The Labute approximate surface area is 86.0 Å². The lowest BCUT2D eigenvalue weighted by Gasteiger charge is -2.27. The second-order valence-electron chi connectivity index (χ2n) is 3.95. The Kier molecular flexibility index (Phi) is 1.86. The second kappa shape index (κ2) is 2.85. The van der Waals surface area contributed by atoms with Crippen LogP contribution in [0.3, 0.4) is 0 Å². The molecule has 0 saturated heterocycles. The average Bonchev–Trinajstić information content (AvgIpc) is 2.45. The van der Waals surface area contributed by atoms with E-state index in [1.807, 2.05) is 0 Å². The molecule has 15 heavy (non-hydrogen) atoms. The van der Waals surface area contributed by atoms with E-state index < -0.39 is 17.5 Å². The first-order valence-corrected chi connectivity index (χ1v) is 4.46. The lowest BCUT2D eigenvalue weighted by molar-refractivity contribution is -0.140. The van der Waals surface area contributed by atoms with E-state index in [0.717, 1.165) is 0 Å². The molecule has 0 radical (unpaired) electrons. The highest BCUT2D eigenvalue weighted by molar-refractivity contribution is 5.99. The van der Waals surface area contributed by atoms with E-state index >= 15 is 0 Å². The maximum absolute atomic E-state index is 11.2. The van der Waals surface area contributed by atoms with E-state index in [2.05, 4.69) is 0 Å². The molecule has 2 aliphatic heterocycles. The van der Waals surface area contributed by atoms with Gasteiger partial charge in [-0.05, 0) is 19.9 Å². The Bertz CT molecular complexity index is 414. The summed E-state index contributed by atoms with van der Waals surface area (Å²) in [4.78, 5) is 22.2. The normalized spacial score (nSPS) is 22.8. The minimum absolute atomic E-state index is 0.0254. The summed E-state index contributed by atoms with van der Waals surface area (Å²) in [5.41, 5.74) is -0.380. The molecule has 1 N–H and O–H groups in total. The monoisotopic (exact) mass is 210 g/mol. The molecule has 0 atom stereocenters. The Morgan fingerprint density at radius 3 is 2.80 bits per heavy atom. The van der Waals surface area contributed by atoms with Gasteiger partial charge in [-0.1, -0.05) is 0 Å². The standard InChI is InChI=1S/C10H10O5/c1-10(2)3-5(8(11)12)6-4-14-9(13)7(6)15-10/h3H,4H2,1-2H3,(H,11,12). The van der Waals surface area contributed by atoms with Gasteiger partial charge in [-0.2, -0.15) is 0 Å². The number of cyclic esters (lactones) is 1. The molecule has 0 aromatic rings. The quantitative estimate of drug-likeness (QED) is 0.642. The van der Waals surface area contributed by atoms with Crippen LogP contribution in [-0.2, 0) is 19.1 Å². The molecular formula is C10H10O5. The van der Waals surface area contributed by atoms with Crippen LogP contribution in [0, 0.1) is 0 Å². The van der Waals surface area contributed by atoms with Crippen molar-refractivity contribution in [3.8, 4) is 0 Å². The molecule has 0 saturated carbocycles. The van der Waals surface area contributed by atoms with Crippen LogP contribution >= 0.6 is 0 Å². The summed E-state index contributed by atoms with van der Waals surface area (Å²) in [7, 11) is 0. The molecule has 0 unspecified atom stereocenters. The van der Waals surface area contributed by atoms with E-state index in [4.69, 9.17) is 14.6 Å². The summed E-state index contributed by atoms with van der Waals surface area (Å²) >= 11 is 0. The zero-order valence-electron chi connectivity index (χ0n) is 8.36. The van der Waals surface area contributed by atoms with Crippen molar-refractivity contribution >= 4 is 11.9 Å². The molecule has 0 bridgehead atoms. The van der Waals surface area contributed by atoms with Crippen LogP contribution in [0.15, 0.2) is 23.0 Å². The molecule has 0 fully saturated rings. The van der Waals surface area contributed by atoms with Crippen LogP contribution in [0.25, 0.3) is 0 Å². The third-order valence-electron chi connectivity index (χ3n) is 2.22. The van der Waals surface area contributed by atoms with Crippen molar-refractivity contribution < 1.29 is 24.2 Å². The van der Waals surface area contributed by atoms with Crippen molar-refractivity contribution in [2.45, 2.75) is 19.4 Å². The number of hydrogen-bond acceptors (Lipinski definition) is 4. The van der Waals surface area contributed by atoms with Crippen molar-refractivity contribution in [1.82, 2.24) is 0 Å². The fourth-order valence-electron chi connectivity index (χ4n) is 1.61. The number of rotatable bonds is 1.